The number of aryl methyl sites for hydroxylation is 2. The number of rotatable bonds is 5. The van der Waals surface area contributed by atoms with Crippen molar-refractivity contribution in [1.82, 2.24) is 24.9 Å². The first-order valence-electron chi connectivity index (χ1n) is 11.1. The highest BCUT2D eigenvalue weighted by Crippen LogP contribution is 2.24. The number of aromatic nitrogens is 2. The molecule has 2 aliphatic heterocycles. The lowest BCUT2D eigenvalue weighted by Crippen LogP contribution is -2.50. The predicted molar refractivity (Wildman–Crippen MR) is 137 cm³/mol. The molecule has 0 saturated carbocycles. The molecule has 2 unspecified atom stereocenters. The second-order valence-corrected chi connectivity index (χ2v) is 8.26. The van der Waals surface area contributed by atoms with Gasteiger partial charge in [0.2, 0.25) is 0 Å². The van der Waals surface area contributed by atoms with Gasteiger partial charge in [-0.15, -0.1) is 24.0 Å². The minimum absolute atomic E-state index is 0. The number of halogens is 1. The average Bonchev–Trinajstić information content (AvgIpc) is 3.24. The molecule has 1 N–H and O–H groups in total. The second kappa shape index (κ2) is 12.0. The van der Waals surface area contributed by atoms with Crippen LogP contribution in [-0.4, -0.2) is 85.1 Å². The van der Waals surface area contributed by atoms with Crippen molar-refractivity contribution in [1.29, 1.82) is 0 Å². The molecule has 0 amide bonds. The number of benzene rings is 1. The fourth-order valence-electron chi connectivity index (χ4n) is 4.39. The van der Waals surface area contributed by atoms with E-state index in [-0.39, 0.29) is 36.1 Å². The minimum Gasteiger partial charge on any atom is -0.379 e. The van der Waals surface area contributed by atoms with Gasteiger partial charge < -0.3 is 19.7 Å². The van der Waals surface area contributed by atoms with Gasteiger partial charge in [-0.05, 0) is 12.5 Å². The van der Waals surface area contributed by atoms with E-state index in [1.54, 1.807) is 0 Å². The molecule has 2 aliphatic rings. The van der Waals surface area contributed by atoms with Crippen molar-refractivity contribution < 1.29 is 9.47 Å². The highest BCUT2D eigenvalue weighted by Gasteiger charge is 2.27. The van der Waals surface area contributed by atoms with Crippen molar-refractivity contribution in [2.45, 2.75) is 19.1 Å². The lowest BCUT2D eigenvalue weighted by molar-refractivity contribution is -0.00853. The van der Waals surface area contributed by atoms with Crippen molar-refractivity contribution in [2.24, 2.45) is 12.0 Å². The Morgan fingerprint density at radius 2 is 2.06 bits per heavy atom. The van der Waals surface area contributed by atoms with Crippen LogP contribution in [0.5, 0.6) is 0 Å². The molecule has 0 radical (unpaired) electrons. The van der Waals surface area contributed by atoms with Crippen molar-refractivity contribution in [3.8, 4) is 0 Å². The summed E-state index contributed by atoms with van der Waals surface area (Å²) < 4.78 is 13.4. The predicted octanol–water partition coefficient (Wildman–Crippen LogP) is 2.37. The fourth-order valence-corrected chi connectivity index (χ4v) is 4.39. The molecule has 176 valence electrons. The molecule has 4 rings (SSSR count). The van der Waals surface area contributed by atoms with Crippen LogP contribution in [0.3, 0.4) is 0 Å². The number of morpholine rings is 2. The van der Waals surface area contributed by atoms with Crippen LogP contribution in [0.15, 0.2) is 41.7 Å². The van der Waals surface area contributed by atoms with E-state index in [0.717, 1.165) is 57.5 Å². The van der Waals surface area contributed by atoms with Gasteiger partial charge in [-0.3, -0.25) is 14.6 Å². The molecule has 2 aromatic rings. The molecule has 9 heteroatoms. The molecule has 2 atom stereocenters. The zero-order chi connectivity index (χ0) is 21.6. The van der Waals surface area contributed by atoms with Crippen LogP contribution >= 0.6 is 24.0 Å². The summed E-state index contributed by atoms with van der Waals surface area (Å²) in [6.45, 7) is 8.66. The van der Waals surface area contributed by atoms with Gasteiger partial charge in [0.15, 0.2) is 5.96 Å². The Labute approximate surface area is 208 Å². The smallest absolute Gasteiger partial charge is 0.193 e. The SMILES string of the molecule is CN=C(NCC(c1cccc(C)c1)N1CCOCC1)N1CCOC(c2cnn(C)c2)C1.I. The molecule has 32 heavy (non-hydrogen) atoms. The lowest BCUT2D eigenvalue weighted by atomic mass is 10.0. The van der Waals surface area contributed by atoms with E-state index >= 15 is 0 Å². The number of hydrogen-bond donors (Lipinski definition) is 1. The van der Waals surface area contributed by atoms with Crippen molar-refractivity contribution in [3.63, 3.8) is 0 Å². The summed E-state index contributed by atoms with van der Waals surface area (Å²) >= 11 is 0. The van der Waals surface area contributed by atoms with Gasteiger partial charge >= 0.3 is 0 Å². The molecule has 0 aliphatic carbocycles. The third-order valence-corrected chi connectivity index (χ3v) is 6.04. The summed E-state index contributed by atoms with van der Waals surface area (Å²) in [6, 6.07) is 9.09. The molecular weight excluding hydrogens is 519 g/mol. The summed E-state index contributed by atoms with van der Waals surface area (Å²) in [5.74, 6) is 0.920. The number of guanidine groups is 1. The van der Waals surface area contributed by atoms with Gasteiger partial charge in [0.05, 0.1) is 38.6 Å². The second-order valence-electron chi connectivity index (χ2n) is 8.26. The normalized spacial score (nSPS) is 21.2. The fraction of sp³-hybridized carbons (Fsp3) is 0.565. The van der Waals surface area contributed by atoms with E-state index in [4.69, 9.17) is 9.47 Å². The van der Waals surface area contributed by atoms with Gasteiger partial charge in [-0.25, -0.2) is 0 Å². The van der Waals surface area contributed by atoms with E-state index in [1.165, 1.54) is 11.1 Å². The zero-order valence-corrected chi connectivity index (χ0v) is 21.6. The summed E-state index contributed by atoms with van der Waals surface area (Å²) in [7, 11) is 3.79. The summed E-state index contributed by atoms with van der Waals surface area (Å²) in [5.41, 5.74) is 3.72. The van der Waals surface area contributed by atoms with E-state index in [2.05, 4.69) is 56.4 Å². The van der Waals surface area contributed by atoms with Gasteiger partial charge in [0, 0.05) is 52.0 Å². The zero-order valence-electron chi connectivity index (χ0n) is 19.2. The summed E-state index contributed by atoms with van der Waals surface area (Å²) in [6.07, 6.45) is 3.92. The number of hydrogen-bond acceptors (Lipinski definition) is 5. The third-order valence-electron chi connectivity index (χ3n) is 6.04. The Hall–Kier alpha value is -1.69. The summed E-state index contributed by atoms with van der Waals surface area (Å²) in [4.78, 5) is 9.38. The molecule has 8 nitrogen and oxygen atoms in total. The van der Waals surface area contributed by atoms with Crippen LogP contribution < -0.4 is 5.32 Å². The summed E-state index contributed by atoms with van der Waals surface area (Å²) in [5, 5.41) is 7.94. The van der Waals surface area contributed by atoms with Crippen LogP contribution in [0, 0.1) is 6.92 Å². The Morgan fingerprint density at radius 1 is 1.25 bits per heavy atom. The van der Waals surface area contributed by atoms with Gasteiger partial charge in [0.25, 0.3) is 0 Å². The molecule has 1 aromatic heterocycles. The minimum atomic E-state index is 0. The van der Waals surface area contributed by atoms with E-state index in [1.807, 2.05) is 31.2 Å². The number of ether oxygens (including phenoxy) is 2. The van der Waals surface area contributed by atoms with Crippen molar-refractivity contribution >= 4 is 29.9 Å². The first-order chi connectivity index (χ1) is 15.1. The molecule has 3 heterocycles. The first kappa shape index (κ1) is 24.9. The Kier molecular flexibility index (Phi) is 9.33. The van der Waals surface area contributed by atoms with Crippen LogP contribution in [-0.2, 0) is 16.5 Å². The van der Waals surface area contributed by atoms with Gasteiger partial charge in [0.1, 0.15) is 6.10 Å². The van der Waals surface area contributed by atoms with Crippen LogP contribution in [0.4, 0.5) is 0 Å². The van der Waals surface area contributed by atoms with Crippen LogP contribution in [0.1, 0.15) is 28.8 Å². The molecule has 0 bridgehead atoms. The quantitative estimate of drug-likeness (QED) is 0.348. The van der Waals surface area contributed by atoms with E-state index < -0.39 is 0 Å². The Morgan fingerprint density at radius 3 is 2.75 bits per heavy atom. The standard InChI is InChI=1S/C23H34N6O2.HI/c1-18-5-4-6-19(13-18)21(28-7-10-30-11-8-28)15-25-23(24-2)29-9-12-31-22(17-29)20-14-26-27(3)16-20;/h4-6,13-14,16,21-22H,7-12,15,17H2,1-3H3,(H,24,25);1H. The molecular formula is C23H35IN6O2. The highest BCUT2D eigenvalue weighted by atomic mass is 127. The van der Waals surface area contributed by atoms with Crippen LogP contribution in [0.2, 0.25) is 0 Å². The maximum atomic E-state index is 6.01. The maximum Gasteiger partial charge on any atom is 0.193 e. The van der Waals surface area contributed by atoms with Gasteiger partial charge in [-0.1, -0.05) is 29.8 Å². The van der Waals surface area contributed by atoms with Crippen molar-refractivity contribution in [2.75, 3.05) is 59.6 Å². The average molecular weight is 554 g/mol. The lowest BCUT2D eigenvalue weighted by Gasteiger charge is -2.38. The Bertz CT molecular complexity index is 883. The topological polar surface area (TPSA) is 67.2 Å². The third kappa shape index (κ3) is 6.21. The highest BCUT2D eigenvalue weighted by molar-refractivity contribution is 14.0. The molecule has 2 fully saturated rings. The van der Waals surface area contributed by atoms with Crippen LogP contribution in [0.25, 0.3) is 0 Å². The molecule has 1 aromatic carbocycles. The molecule has 2 saturated heterocycles. The number of nitrogens with one attached hydrogen (secondary N) is 1. The number of nitrogens with zero attached hydrogens (tertiary/aromatic N) is 5. The number of aliphatic imine (C=N–C) groups is 1. The van der Waals surface area contributed by atoms with Crippen molar-refractivity contribution in [3.05, 3.63) is 53.3 Å². The van der Waals surface area contributed by atoms with Gasteiger partial charge in [-0.2, -0.15) is 5.10 Å². The maximum absolute atomic E-state index is 6.01. The van der Waals surface area contributed by atoms with E-state index in [0.29, 0.717) is 6.61 Å². The molecule has 0 spiro atoms. The van der Waals surface area contributed by atoms with E-state index in [9.17, 15) is 0 Å². The largest absolute Gasteiger partial charge is 0.379 e. The first-order valence-corrected chi connectivity index (χ1v) is 11.1. The Balaban J connectivity index is 0.00000289. The monoisotopic (exact) mass is 554 g/mol.